The molecule has 19 aromatic carbocycles. The molecule has 0 N–H and O–H groups in total. The van der Waals surface area contributed by atoms with Crippen molar-refractivity contribution in [1.82, 2.24) is 43.2 Å². The highest BCUT2D eigenvalue weighted by molar-refractivity contribution is 7.27. The maximum Gasteiger partial charge on any atom is 0.160 e. The van der Waals surface area contributed by atoms with Crippen molar-refractivity contribution in [3.8, 4) is 113 Å². The summed E-state index contributed by atoms with van der Waals surface area (Å²) in [6.45, 7) is 0. The second-order valence-corrected chi connectivity index (χ2v) is 37.2. The van der Waals surface area contributed by atoms with Crippen molar-refractivity contribution in [1.29, 1.82) is 0 Å². The number of nitrogens with zero attached hydrogens (tertiary/aromatic N) is 9. The first-order valence-corrected chi connectivity index (χ1v) is 47.9. The Labute approximate surface area is 788 Å². The first-order valence-electron chi connectivity index (χ1n) is 45.4. The van der Waals surface area contributed by atoms with Gasteiger partial charge in [-0.1, -0.05) is 328 Å². The Bertz CT molecular complexity index is 9460. The second-order valence-electron chi connectivity index (χ2n) is 34.1. The molecule has 0 bridgehead atoms. The number of para-hydroxylation sites is 6. The van der Waals surface area contributed by atoms with Gasteiger partial charge in [0.1, 0.15) is 5.82 Å². The van der Waals surface area contributed by atoms with Gasteiger partial charge >= 0.3 is 0 Å². The molecule has 9 heterocycles. The van der Waals surface area contributed by atoms with E-state index in [1.165, 1.54) is 143 Å². The maximum atomic E-state index is 5.13. The topological polar surface area (TPSA) is 84.2 Å². The van der Waals surface area contributed by atoms with E-state index < -0.39 is 0 Å². The van der Waals surface area contributed by atoms with E-state index in [0.29, 0.717) is 11.6 Å². The van der Waals surface area contributed by atoms with E-state index in [9.17, 15) is 0 Å². The lowest BCUT2D eigenvalue weighted by atomic mass is 9.98. The molecule has 0 saturated carbocycles. The summed E-state index contributed by atoms with van der Waals surface area (Å²) in [4.78, 5) is 25.2. The van der Waals surface area contributed by atoms with Gasteiger partial charge in [-0.05, 0) is 156 Å². The van der Waals surface area contributed by atoms with Gasteiger partial charge in [-0.25, -0.2) is 24.9 Å². The first kappa shape index (κ1) is 78.9. The van der Waals surface area contributed by atoms with Crippen LogP contribution in [0.5, 0.6) is 0 Å². The monoisotopic (exact) mass is 1780 g/mol. The van der Waals surface area contributed by atoms with Crippen molar-refractivity contribution >= 4 is 171 Å². The molecule has 0 fully saturated rings. The zero-order valence-corrected chi connectivity index (χ0v) is 75.2. The van der Waals surface area contributed by atoms with E-state index in [2.05, 4.69) is 455 Å². The van der Waals surface area contributed by atoms with Crippen LogP contribution < -0.4 is 0 Å². The lowest BCUT2D eigenvalue weighted by molar-refractivity contribution is 1.10. The third-order valence-corrected chi connectivity index (χ3v) is 29.8. The van der Waals surface area contributed by atoms with Gasteiger partial charge in [0.05, 0.1) is 61.2 Å². The number of hydrogen-bond donors (Lipinski definition) is 0. The number of fused-ring (bicyclic) bond motifs is 22. The molecule has 0 atom stereocenters. The Morgan fingerprint density at radius 2 is 0.519 bits per heavy atom. The van der Waals surface area contributed by atoms with Crippen LogP contribution in [0, 0.1) is 0 Å². The van der Waals surface area contributed by atoms with Gasteiger partial charge in [-0.2, -0.15) is 0 Å². The smallest absolute Gasteiger partial charge is 0.160 e. The van der Waals surface area contributed by atoms with E-state index in [0.717, 1.165) is 95.6 Å². The highest BCUT2D eigenvalue weighted by Gasteiger charge is 2.25. The predicted octanol–water partition coefficient (Wildman–Crippen LogP) is 33.7. The van der Waals surface area contributed by atoms with Crippen LogP contribution in [0.1, 0.15) is 0 Å². The summed E-state index contributed by atoms with van der Waals surface area (Å²) >= 11 is 5.65. The molecule has 0 aliphatic carbocycles. The van der Waals surface area contributed by atoms with Crippen molar-refractivity contribution < 1.29 is 0 Å². The normalized spacial score (nSPS) is 11.7. The summed E-state index contributed by atoms with van der Waals surface area (Å²) in [7, 11) is 0. The van der Waals surface area contributed by atoms with Crippen molar-refractivity contribution in [2.75, 3.05) is 0 Å². The highest BCUT2D eigenvalue weighted by Crippen LogP contribution is 2.49. The standard InChI is InChI=1S/C46H29N3S.C40H25N3S.C37H23N3S/c1-2-10-30(11-3-1)31-20-22-32(23-21-31)33-12-8-13-34(28-33)40-26-27-47-46(48-40)35-14-9-15-36(29-35)49-41-18-6-4-17-39(41)44-42(49)25-24-38-37-16-5-7-19-43(37)50-45(38)44;1-3-12-26(13-4-1)33-25-34(27-14-5-2-6-15-27)42-40(41-33)28-16-11-17-29(24-28)43-35-20-9-7-19-32(35)38-36(43)23-22-31-30-18-8-10-21-37(30)44-39(31)38;1-2-12-25(13-3-1)40-32-19-8-6-17-30(32)38-37(40)24-11-10-14-26(23-24)39-31-18-7-4-16-29(31)35-33(39)22-21-28-27-15-5-9-20-34(27)41-36(28)35/h1-29H;1-25H;1-23H. The number of imidazole rings is 1. The fraction of sp³-hybridized carbons (Fsp3) is 0. The van der Waals surface area contributed by atoms with Crippen molar-refractivity contribution in [3.63, 3.8) is 0 Å². The van der Waals surface area contributed by atoms with Gasteiger partial charge < -0.3 is 13.7 Å². The predicted molar refractivity (Wildman–Crippen MR) is 570 cm³/mol. The van der Waals surface area contributed by atoms with Crippen LogP contribution in [0.15, 0.2) is 467 Å². The number of benzene rings is 19. The molecule has 0 aliphatic heterocycles. The molecule has 0 unspecified atom stereocenters. The van der Waals surface area contributed by atoms with E-state index >= 15 is 0 Å². The van der Waals surface area contributed by atoms with Crippen LogP contribution in [0.2, 0.25) is 0 Å². The fourth-order valence-electron chi connectivity index (χ4n) is 20.0. The van der Waals surface area contributed by atoms with Gasteiger partial charge in [0.2, 0.25) is 0 Å². The quantitative estimate of drug-likeness (QED) is 0.122. The van der Waals surface area contributed by atoms with Crippen LogP contribution in [0.4, 0.5) is 0 Å². The molecule has 0 radical (unpaired) electrons. The number of thiophene rings is 3. The zero-order valence-electron chi connectivity index (χ0n) is 72.7. The Morgan fingerprint density at radius 3 is 1.00 bits per heavy atom. The molecule has 135 heavy (non-hydrogen) atoms. The summed E-state index contributed by atoms with van der Waals surface area (Å²) in [6.07, 6.45) is 1.87. The lowest BCUT2D eigenvalue weighted by Crippen LogP contribution is -1.99. The van der Waals surface area contributed by atoms with E-state index in [-0.39, 0.29) is 0 Å². The lowest BCUT2D eigenvalue weighted by Gasteiger charge is -2.12. The van der Waals surface area contributed by atoms with Crippen molar-refractivity contribution in [3.05, 3.63) is 467 Å². The minimum Gasteiger partial charge on any atom is -0.309 e. The number of aromatic nitrogens is 9. The van der Waals surface area contributed by atoms with Gasteiger partial charge in [-0.15, -0.1) is 34.0 Å². The summed E-state index contributed by atoms with van der Waals surface area (Å²) in [5.74, 6) is 2.35. The van der Waals surface area contributed by atoms with Gasteiger partial charge in [0.25, 0.3) is 0 Å². The molecule has 28 aromatic rings. The summed E-state index contributed by atoms with van der Waals surface area (Å²) < 4.78 is 17.4. The van der Waals surface area contributed by atoms with Gasteiger partial charge in [0, 0.05) is 155 Å². The Balaban J connectivity index is 0.000000106. The Morgan fingerprint density at radius 1 is 0.178 bits per heavy atom. The van der Waals surface area contributed by atoms with Crippen molar-refractivity contribution in [2.45, 2.75) is 0 Å². The average molecular weight is 1780 g/mol. The van der Waals surface area contributed by atoms with E-state index in [1.54, 1.807) is 0 Å². The number of hydrogen-bond acceptors (Lipinski definition) is 8. The number of rotatable bonds is 12. The molecule has 28 rings (SSSR count). The first-order chi connectivity index (χ1) is 66.9. The van der Waals surface area contributed by atoms with Crippen LogP contribution in [-0.2, 0) is 0 Å². The molecule has 0 spiro atoms. The molecule has 9 nitrogen and oxygen atoms in total. The van der Waals surface area contributed by atoms with Gasteiger partial charge in [-0.3, -0.25) is 4.57 Å². The average Bonchev–Trinajstić information content (AvgIpc) is 1.56. The Kier molecular flexibility index (Phi) is 19.3. The van der Waals surface area contributed by atoms with Crippen LogP contribution in [0.3, 0.4) is 0 Å². The van der Waals surface area contributed by atoms with Crippen molar-refractivity contribution in [2.24, 2.45) is 0 Å². The Hall–Kier alpha value is -17.1. The third-order valence-electron chi connectivity index (χ3n) is 26.2. The molecular weight excluding hydrogens is 1700 g/mol. The van der Waals surface area contributed by atoms with Crippen LogP contribution in [0.25, 0.3) is 250 Å². The second kappa shape index (κ2) is 33.1. The summed E-state index contributed by atoms with van der Waals surface area (Å²) in [5.41, 5.74) is 27.4. The minimum absolute atomic E-state index is 0.703. The molecule has 0 amide bonds. The molecule has 0 saturated heterocycles. The van der Waals surface area contributed by atoms with E-state index in [1.807, 2.05) is 64.5 Å². The zero-order chi connectivity index (χ0) is 89.0. The van der Waals surface area contributed by atoms with Gasteiger partial charge in [0.15, 0.2) is 11.6 Å². The van der Waals surface area contributed by atoms with Crippen LogP contribution in [-0.4, -0.2) is 43.2 Å². The maximum absolute atomic E-state index is 5.13. The fourth-order valence-corrected chi connectivity index (χ4v) is 23.8. The largest absolute Gasteiger partial charge is 0.309 e. The van der Waals surface area contributed by atoms with Crippen LogP contribution >= 0.6 is 34.0 Å². The summed E-state index contributed by atoms with van der Waals surface area (Å²) in [6, 6.07) is 164. The molecule has 12 heteroatoms. The molecule has 0 aliphatic rings. The molecule has 9 aromatic heterocycles. The van der Waals surface area contributed by atoms with E-state index in [4.69, 9.17) is 24.9 Å². The third kappa shape index (κ3) is 13.8. The molecular formula is C123H77N9S3. The minimum atomic E-state index is 0.703. The summed E-state index contributed by atoms with van der Waals surface area (Å²) in [5, 5.41) is 15.6. The molecule has 632 valence electrons. The highest BCUT2D eigenvalue weighted by atomic mass is 32.1. The SMILES string of the molecule is c1ccc(-c2cc(-c3ccccc3)nc(-c3cccc(-n4c5ccccc5c5c6sc7ccccc7c6ccc54)c3)n2)cc1.c1ccc(-c2ccc(-c3cccc(-c4ccnc(-c5cccc(-n6c7ccccc7c7c8sc9ccccc9c8ccc76)c5)n4)c3)cc2)cc1.c1ccc(-n2c(-c3cccc(-n4c5ccccc5c5c6sc7ccccc7c6ccc54)c3)nc3ccccc32)cc1.